The lowest BCUT2D eigenvalue weighted by Crippen LogP contribution is -2.14. The first-order valence-corrected chi connectivity index (χ1v) is 6.46. The minimum atomic E-state index is -0.787. The number of benzene rings is 1. The van der Waals surface area contributed by atoms with Gasteiger partial charge in [0.25, 0.3) is 5.91 Å². The highest BCUT2D eigenvalue weighted by Crippen LogP contribution is 2.21. The Bertz CT molecular complexity index is 657. The molecule has 1 heterocycles. The van der Waals surface area contributed by atoms with Crippen LogP contribution in [0.1, 0.15) is 27.8 Å². The number of hydrogen-bond acceptors (Lipinski definition) is 4. The number of Topliss-reactive ketones (excluding diaryl/α,β-unsaturated/α-hetero) is 1. The van der Waals surface area contributed by atoms with E-state index in [9.17, 15) is 14.0 Å². The summed E-state index contributed by atoms with van der Waals surface area (Å²) < 4.78 is 13.6. The third-order valence-corrected chi connectivity index (χ3v) is 3.33. The molecule has 0 spiro atoms. The molecule has 4 nitrogen and oxygen atoms in total. The predicted octanol–water partition coefficient (Wildman–Crippen LogP) is 3.39. The normalized spacial score (nSPS) is 10.3. The van der Waals surface area contributed by atoms with E-state index in [4.69, 9.17) is 11.6 Å². The average Bonchev–Trinajstić information content (AvgIpc) is 2.81. The standard InChI is InChI=1S/C12H8ClFN2O2S/c1-6(17)9-5-19-12(15-9)16-11(18)7-3-2-4-8(13)10(7)14/h2-5H,1H3,(H,15,16,18). The molecule has 1 aromatic heterocycles. The minimum Gasteiger partial charge on any atom is -0.298 e. The average molecular weight is 299 g/mol. The summed E-state index contributed by atoms with van der Waals surface area (Å²) in [5.41, 5.74) is 0.0824. The van der Waals surface area contributed by atoms with Crippen molar-refractivity contribution in [2.45, 2.75) is 6.92 Å². The molecule has 0 saturated heterocycles. The van der Waals surface area contributed by atoms with Crippen molar-refractivity contribution in [3.05, 3.63) is 45.7 Å². The van der Waals surface area contributed by atoms with Gasteiger partial charge >= 0.3 is 0 Å². The fraction of sp³-hybridized carbons (Fsp3) is 0.0833. The van der Waals surface area contributed by atoms with Gasteiger partial charge in [0.15, 0.2) is 16.7 Å². The van der Waals surface area contributed by atoms with Gasteiger partial charge in [0.2, 0.25) is 0 Å². The van der Waals surface area contributed by atoms with Crippen LogP contribution in [0.5, 0.6) is 0 Å². The predicted molar refractivity (Wildman–Crippen MR) is 71.5 cm³/mol. The summed E-state index contributed by atoms with van der Waals surface area (Å²) in [5.74, 6) is -1.65. The highest BCUT2D eigenvalue weighted by atomic mass is 35.5. The molecule has 7 heteroatoms. The third kappa shape index (κ3) is 2.97. The van der Waals surface area contributed by atoms with Crippen molar-refractivity contribution in [1.82, 2.24) is 4.98 Å². The molecule has 0 radical (unpaired) electrons. The molecule has 19 heavy (non-hydrogen) atoms. The minimum absolute atomic E-state index is 0.129. The Morgan fingerprint density at radius 2 is 2.16 bits per heavy atom. The Labute approximate surface area is 117 Å². The lowest BCUT2D eigenvalue weighted by Gasteiger charge is -2.03. The van der Waals surface area contributed by atoms with E-state index in [0.717, 1.165) is 11.3 Å². The molecular formula is C12H8ClFN2O2S. The number of halogens is 2. The van der Waals surface area contributed by atoms with E-state index < -0.39 is 11.7 Å². The van der Waals surface area contributed by atoms with Gasteiger partial charge in [-0.3, -0.25) is 14.9 Å². The van der Waals surface area contributed by atoms with Gasteiger partial charge in [0.1, 0.15) is 5.69 Å². The highest BCUT2D eigenvalue weighted by molar-refractivity contribution is 7.14. The Hall–Kier alpha value is -1.79. The Balaban J connectivity index is 2.21. The second-order valence-electron chi connectivity index (χ2n) is 3.65. The van der Waals surface area contributed by atoms with E-state index in [2.05, 4.69) is 10.3 Å². The number of ketones is 1. The summed E-state index contributed by atoms with van der Waals surface area (Å²) in [4.78, 5) is 26.8. The van der Waals surface area contributed by atoms with E-state index in [1.165, 1.54) is 30.5 Å². The van der Waals surface area contributed by atoms with Crippen LogP contribution >= 0.6 is 22.9 Å². The molecule has 0 bridgehead atoms. The van der Waals surface area contributed by atoms with Crippen molar-refractivity contribution in [1.29, 1.82) is 0 Å². The monoisotopic (exact) mass is 298 g/mol. The van der Waals surface area contributed by atoms with Crippen molar-refractivity contribution >= 4 is 39.8 Å². The van der Waals surface area contributed by atoms with Gasteiger partial charge in [0, 0.05) is 12.3 Å². The van der Waals surface area contributed by atoms with Crippen molar-refractivity contribution in [3.63, 3.8) is 0 Å². The van der Waals surface area contributed by atoms with Crippen LogP contribution in [0.25, 0.3) is 0 Å². The molecule has 1 N–H and O–H groups in total. The van der Waals surface area contributed by atoms with E-state index >= 15 is 0 Å². The second kappa shape index (κ2) is 5.46. The van der Waals surface area contributed by atoms with Crippen LogP contribution in [0, 0.1) is 5.82 Å². The summed E-state index contributed by atoms with van der Waals surface area (Å²) in [5, 5.41) is 4.04. The number of amides is 1. The smallest absolute Gasteiger partial charge is 0.260 e. The number of carbonyl (C=O) groups is 2. The maximum atomic E-state index is 13.6. The van der Waals surface area contributed by atoms with Crippen LogP contribution in [-0.4, -0.2) is 16.7 Å². The van der Waals surface area contributed by atoms with Crippen LogP contribution < -0.4 is 5.32 Å². The number of rotatable bonds is 3. The van der Waals surface area contributed by atoms with E-state index in [0.29, 0.717) is 0 Å². The number of anilines is 1. The first-order valence-electron chi connectivity index (χ1n) is 5.21. The molecule has 1 aromatic carbocycles. The Kier molecular flexibility index (Phi) is 3.92. The third-order valence-electron chi connectivity index (χ3n) is 2.28. The van der Waals surface area contributed by atoms with Crippen molar-refractivity contribution in [2.24, 2.45) is 0 Å². The van der Waals surface area contributed by atoms with Crippen LogP contribution in [0.3, 0.4) is 0 Å². The van der Waals surface area contributed by atoms with E-state index in [1.807, 2.05) is 0 Å². The van der Waals surface area contributed by atoms with E-state index in [1.54, 1.807) is 0 Å². The zero-order valence-corrected chi connectivity index (χ0v) is 11.3. The van der Waals surface area contributed by atoms with E-state index in [-0.39, 0.29) is 27.2 Å². The number of nitrogens with zero attached hydrogens (tertiary/aromatic N) is 1. The van der Waals surface area contributed by atoms with Crippen molar-refractivity contribution < 1.29 is 14.0 Å². The summed E-state index contributed by atoms with van der Waals surface area (Å²) in [6.45, 7) is 1.37. The van der Waals surface area contributed by atoms with Crippen LogP contribution in [0.4, 0.5) is 9.52 Å². The van der Waals surface area contributed by atoms with Gasteiger partial charge in [-0.1, -0.05) is 17.7 Å². The number of thiazole rings is 1. The van der Waals surface area contributed by atoms with Crippen LogP contribution in [0.15, 0.2) is 23.6 Å². The largest absolute Gasteiger partial charge is 0.298 e. The molecule has 0 aliphatic heterocycles. The van der Waals surface area contributed by atoms with Gasteiger partial charge < -0.3 is 0 Å². The number of carbonyl (C=O) groups excluding carboxylic acids is 2. The van der Waals surface area contributed by atoms with Gasteiger partial charge in [-0.2, -0.15) is 0 Å². The fourth-order valence-electron chi connectivity index (χ4n) is 1.34. The Morgan fingerprint density at radius 1 is 1.42 bits per heavy atom. The number of hydrogen-bond donors (Lipinski definition) is 1. The lowest BCUT2D eigenvalue weighted by molar-refractivity contribution is 0.100. The molecule has 0 aliphatic rings. The highest BCUT2D eigenvalue weighted by Gasteiger charge is 2.16. The zero-order valence-electron chi connectivity index (χ0n) is 9.74. The SMILES string of the molecule is CC(=O)c1csc(NC(=O)c2cccc(Cl)c2F)n1. The molecule has 2 aromatic rings. The number of aromatic nitrogens is 1. The molecule has 0 atom stereocenters. The first kappa shape index (κ1) is 13.6. The summed E-state index contributed by atoms with van der Waals surface area (Å²) in [7, 11) is 0. The van der Waals surface area contributed by atoms with Crippen molar-refractivity contribution in [2.75, 3.05) is 5.32 Å². The molecule has 1 amide bonds. The molecule has 2 rings (SSSR count). The topological polar surface area (TPSA) is 59.1 Å². The molecule has 0 saturated carbocycles. The zero-order chi connectivity index (χ0) is 14.0. The maximum Gasteiger partial charge on any atom is 0.260 e. The molecular weight excluding hydrogens is 291 g/mol. The quantitative estimate of drug-likeness (QED) is 0.884. The summed E-state index contributed by atoms with van der Waals surface area (Å²) in [6.07, 6.45) is 0. The van der Waals surface area contributed by atoms with Crippen molar-refractivity contribution in [3.8, 4) is 0 Å². The summed E-state index contributed by atoms with van der Waals surface area (Å²) in [6, 6.07) is 4.14. The van der Waals surface area contributed by atoms with Crippen LogP contribution in [-0.2, 0) is 0 Å². The fourth-order valence-corrected chi connectivity index (χ4v) is 2.26. The molecule has 0 unspecified atom stereocenters. The first-order chi connectivity index (χ1) is 8.99. The molecule has 98 valence electrons. The summed E-state index contributed by atoms with van der Waals surface area (Å²) >= 11 is 6.69. The van der Waals surface area contributed by atoms with Gasteiger partial charge in [-0.25, -0.2) is 9.37 Å². The van der Waals surface area contributed by atoms with Gasteiger partial charge in [0.05, 0.1) is 10.6 Å². The van der Waals surface area contributed by atoms with Gasteiger partial charge in [-0.15, -0.1) is 11.3 Å². The number of nitrogens with one attached hydrogen (secondary N) is 1. The van der Waals surface area contributed by atoms with Crippen LogP contribution in [0.2, 0.25) is 5.02 Å². The molecule has 0 fully saturated rings. The Morgan fingerprint density at radius 3 is 2.79 bits per heavy atom. The lowest BCUT2D eigenvalue weighted by atomic mass is 10.2. The maximum absolute atomic E-state index is 13.6. The second-order valence-corrected chi connectivity index (χ2v) is 4.91. The molecule has 0 aliphatic carbocycles. The van der Waals surface area contributed by atoms with Gasteiger partial charge in [-0.05, 0) is 12.1 Å².